The van der Waals surface area contributed by atoms with Gasteiger partial charge in [-0.05, 0) is 22.9 Å². The number of oxazole rings is 1. The Hall–Kier alpha value is -1.21. The summed E-state index contributed by atoms with van der Waals surface area (Å²) in [7, 11) is 0. The van der Waals surface area contributed by atoms with Crippen LogP contribution in [-0.4, -0.2) is 15.9 Å². The smallest absolute Gasteiger partial charge is 0.271 e. The molecule has 0 aliphatic heterocycles. The monoisotopic (exact) mass is 315 g/mol. The van der Waals surface area contributed by atoms with Gasteiger partial charge in [-0.25, -0.2) is 9.97 Å². The molecule has 1 N–H and O–H groups in total. The van der Waals surface area contributed by atoms with Crippen LogP contribution in [0, 0.1) is 13.8 Å². The van der Waals surface area contributed by atoms with Gasteiger partial charge in [-0.15, -0.1) is 11.3 Å². The molecule has 7 heteroatoms. The zero-order chi connectivity index (χ0) is 12.4. The van der Waals surface area contributed by atoms with Crippen molar-refractivity contribution in [2.24, 2.45) is 0 Å². The average Bonchev–Trinajstić information content (AvgIpc) is 2.81. The molecule has 2 aromatic heterocycles. The fraction of sp³-hybridized carbons (Fsp3) is 0.300. The second-order valence-corrected chi connectivity index (χ2v) is 5.88. The van der Waals surface area contributed by atoms with Gasteiger partial charge < -0.3 is 9.73 Å². The van der Waals surface area contributed by atoms with Gasteiger partial charge in [-0.1, -0.05) is 0 Å². The predicted molar refractivity (Wildman–Crippen MR) is 67.0 cm³/mol. The minimum Gasteiger partial charge on any atom is -0.444 e. The summed E-state index contributed by atoms with van der Waals surface area (Å²) >= 11 is 4.68. The van der Waals surface area contributed by atoms with Crippen LogP contribution in [0.2, 0.25) is 0 Å². The van der Waals surface area contributed by atoms with Crippen molar-refractivity contribution in [2.75, 3.05) is 0 Å². The van der Waals surface area contributed by atoms with E-state index in [2.05, 4.69) is 31.2 Å². The number of thiazole rings is 1. The zero-order valence-electron chi connectivity index (χ0n) is 9.28. The van der Waals surface area contributed by atoms with Crippen molar-refractivity contribution in [3.63, 3.8) is 0 Å². The highest BCUT2D eigenvalue weighted by Crippen LogP contribution is 2.22. The van der Waals surface area contributed by atoms with E-state index in [0.29, 0.717) is 27.8 Å². The SMILES string of the molecule is Cc1ncc(CNC(=O)c2nc(Br)sc2C)o1. The van der Waals surface area contributed by atoms with Gasteiger partial charge in [-0.2, -0.15) is 0 Å². The van der Waals surface area contributed by atoms with Crippen LogP contribution in [0.3, 0.4) is 0 Å². The molecule has 2 rings (SSSR count). The van der Waals surface area contributed by atoms with Gasteiger partial charge in [0.2, 0.25) is 0 Å². The van der Waals surface area contributed by atoms with E-state index in [1.807, 2.05) is 6.92 Å². The summed E-state index contributed by atoms with van der Waals surface area (Å²) in [5.41, 5.74) is 0.443. The third-order valence-corrected chi connectivity index (χ3v) is 3.50. The van der Waals surface area contributed by atoms with E-state index >= 15 is 0 Å². The Bertz CT molecular complexity index is 549. The first-order valence-corrected chi connectivity index (χ1v) is 6.49. The molecule has 0 bridgehead atoms. The number of rotatable bonds is 3. The molecule has 2 heterocycles. The van der Waals surface area contributed by atoms with Crippen LogP contribution >= 0.6 is 27.3 Å². The molecule has 0 saturated heterocycles. The molecule has 0 saturated carbocycles. The summed E-state index contributed by atoms with van der Waals surface area (Å²) in [6, 6.07) is 0. The van der Waals surface area contributed by atoms with Crippen molar-refractivity contribution < 1.29 is 9.21 Å². The first-order valence-electron chi connectivity index (χ1n) is 4.88. The van der Waals surface area contributed by atoms with E-state index in [0.717, 1.165) is 4.88 Å². The van der Waals surface area contributed by atoms with Gasteiger partial charge in [-0.3, -0.25) is 4.79 Å². The fourth-order valence-electron chi connectivity index (χ4n) is 1.31. The first-order chi connectivity index (χ1) is 8.06. The molecule has 2 aromatic rings. The summed E-state index contributed by atoms with van der Waals surface area (Å²) in [6.45, 7) is 3.93. The average molecular weight is 316 g/mol. The van der Waals surface area contributed by atoms with Crippen molar-refractivity contribution in [1.29, 1.82) is 0 Å². The zero-order valence-corrected chi connectivity index (χ0v) is 11.7. The molecule has 0 aliphatic rings. The molecule has 17 heavy (non-hydrogen) atoms. The lowest BCUT2D eigenvalue weighted by atomic mass is 10.3. The van der Waals surface area contributed by atoms with Crippen LogP contribution in [0.1, 0.15) is 27.0 Å². The van der Waals surface area contributed by atoms with Crippen LogP contribution in [0.25, 0.3) is 0 Å². The minimum atomic E-state index is -0.210. The maximum atomic E-state index is 11.8. The van der Waals surface area contributed by atoms with Crippen molar-refractivity contribution in [3.05, 3.63) is 32.3 Å². The lowest BCUT2D eigenvalue weighted by Crippen LogP contribution is -2.23. The number of carbonyl (C=O) groups is 1. The van der Waals surface area contributed by atoms with E-state index in [-0.39, 0.29) is 5.91 Å². The Morgan fingerprint density at radius 3 is 2.88 bits per heavy atom. The number of nitrogens with zero attached hydrogens (tertiary/aromatic N) is 2. The standard InChI is InChI=1S/C10H10BrN3O2S/c1-5-8(14-10(11)17-5)9(15)13-4-7-3-12-6(2)16-7/h3H,4H2,1-2H3,(H,13,15). The number of halogens is 1. The Balaban J connectivity index is 2.00. The topological polar surface area (TPSA) is 68.0 Å². The van der Waals surface area contributed by atoms with Gasteiger partial charge in [0.15, 0.2) is 9.81 Å². The molecule has 1 amide bonds. The lowest BCUT2D eigenvalue weighted by Gasteiger charge is -2.00. The summed E-state index contributed by atoms with van der Waals surface area (Å²) in [6.07, 6.45) is 1.60. The highest BCUT2D eigenvalue weighted by atomic mass is 79.9. The van der Waals surface area contributed by atoms with E-state index in [9.17, 15) is 4.79 Å². The molecule has 0 fully saturated rings. The number of aryl methyl sites for hydroxylation is 2. The summed E-state index contributed by atoms with van der Waals surface area (Å²) in [5.74, 6) is 1.00. The second-order valence-electron chi connectivity index (χ2n) is 3.40. The molecule has 0 radical (unpaired) electrons. The molecule has 0 unspecified atom stereocenters. The molecule has 5 nitrogen and oxygen atoms in total. The third kappa shape index (κ3) is 2.92. The van der Waals surface area contributed by atoms with Crippen LogP contribution in [0.5, 0.6) is 0 Å². The van der Waals surface area contributed by atoms with Gasteiger partial charge >= 0.3 is 0 Å². The maximum absolute atomic E-state index is 11.8. The maximum Gasteiger partial charge on any atom is 0.271 e. The van der Waals surface area contributed by atoms with Crippen molar-refractivity contribution in [1.82, 2.24) is 15.3 Å². The van der Waals surface area contributed by atoms with E-state index in [1.165, 1.54) is 11.3 Å². The molecular formula is C10H10BrN3O2S. The fourth-order valence-corrected chi connectivity index (χ4v) is 2.84. The Labute approximate surface area is 110 Å². The van der Waals surface area contributed by atoms with Crippen molar-refractivity contribution >= 4 is 33.2 Å². The Morgan fingerprint density at radius 1 is 1.59 bits per heavy atom. The molecular weight excluding hydrogens is 306 g/mol. The normalized spacial score (nSPS) is 10.5. The van der Waals surface area contributed by atoms with Gasteiger partial charge in [0.1, 0.15) is 11.5 Å². The quantitative estimate of drug-likeness (QED) is 0.944. The lowest BCUT2D eigenvalue weighted by molar-refractivity contribution is 0.0943. The number of hydrogen-bond donors (Lipinski definition) is 1. The number of hydrogen-bond acceptors (Lipinski definition) is 5. The molecule has 90 valence electrons. The molecule has 0 atom stereocenters. The largest absolute Gasteiger partial charge is 0.444 e. The highest BCUT2D eigenvalue weighted by molar-refractivity contribution is 9.11. The van der Waals surface area contributed by atoms with E-state index in [1.54, 1.807) is 13.1 Å². The van der Waals surface area contributed by atoms with Gasteiger partial charge in [0.25, 0.3) is 5.91 Å². The summed E-state index contributed by atoms with van der Waals surface area (Å²) < 4.78 is 5.96. The Kier molecular flexibility index (Phi) is 3.58. The first kappa shape index (κ1) is 12.3. The number of carbonyl (C=O) groups excluding carboxylic acids is 1. The van der Waals surface area contributed by atoms with Crippen LogP contribution in [0.15, 0.2) is 14.5 Å². The molecule has 0 aliphatic carbocycles. The van der Waals surface area contributed by atoms with Crippen LogP contribution in [-0.2, 0) is 6.54 Å². The predicted octanol–water partition coefficient (Wildman–Crippen LogP) is 2.44. The minimum absolute atomic E-state index is 0.210. The number of amides is 1. The summed E-state index contributed by atoms with van der Waals surface area (Å²) in [4.78, 5) is 20.7. The summed E-state index contributed by atoms with van der Waals surface area (Å²) in [5, 5.41) is 2.73. The van der Waals surface area contributed by atoms with Gasteiger partial charge in [0, 0.05) is 11.8 Å². The molecule has 0 spiro atoms. The number of aromatic nitrogens is 2. The van der Waals surface area contributed by atoms with Crippen molar-refractivity contribution in [3.8, 4) is 0 Å². The van der Waals surface area contributed by atoms with Crippen LogP contribution in [0.4, 0.5) is 0 Å². The Morgan fingerprint density at radius 2 is 2.35 bits per heavy atom. The highest BCUT2D eigenvalue weighted by Gasteiger charge is 2.14. The number of nitrogens with one attached hydrogen (secondary N) is 1. The second kappa shape index (κ2) is 4.97. The van der Waals surface area contributed by atoms with E-state index < -0.39 is 0 Å². The molecule has 0 aromatic carbocycles. The van der Waals surface area contributed by atoms with Crippen LogP contribution < -0.4 is 5.32 Å². The third-order valence-electron chi connectivity index (χ3n) is 2.08. The van der Waals surface area contributed by atoms with Gasteiger partial charge in [0.05, 0.1) is 12.7 Å². The van der Waals surface area contributed by atoms with Crippen molar-refractivity contribution in [2.45, 2.75) is 20.4 Å². The van der Waals surface area contributed by atoms with E-state index in [4.69, 9.17) is 4.42 Å².